The summed E-state index contributed by atoms with van der Waals surface area (Å²) in [6.07, 6.45) is 5.13. The van der Waals surface area contributed by atoms with E-state index >= 15 is 0 Å². The summed E-state index contributed by atoms with van der Waals surface area (Å²) in [6, 6.07) is 6.09. The smallest absolute Gasteiger partial charge is 0.233 e. The Balaban J connectivity index is 1.93. The van der Waals surface area contributed by atoms with Gasteiger partial charge in [0.1, 0.15) is 0 Å². The van der Waals surface area contributed by atoms with Crippen LogP contribution in [0.3, 0.4) is 0 Å². The molecule has 0 saturated heterocycles. The lowest BCUT2D eigenvalue weighted by molar-refractivity contribution is 0.0187. The fraction of sp³-hybridized carbons (Fsp3) is 0.600. The highest BCUT2D eigenvalue weighted by Gasteiger charge is 2.49. The summed E-state index contributed by atoms with van der Waals surface area (Å²) in [7, 11) is -3.31. The van der Waals surface area contributed by atoms with Gasteiger partial charge in [-0.3, -0.25) is 0 Å². The quantitative estimate of drug-likeness (QED) is 0.619. The first-order chi connectivity index (χ1) is 12.5. The number of methoxy groups -OCH3 is 1. The maximum absolute atomic E-state index is 12.9. The molecule has 2 aliphatic rings. The zero-order valence-electron chi connectivity index (χ0n) is 16.6. The van der Waals surface area contributed by atoms with Crippen molar-refractivity contribution in [2.45, 2.75) is 63.9 Å². The monoisotopic (exact) mass is 471 g/mol. The summed E-state index contributed by atoms with van der Waals surface area (Å²) in [4.78, 5) is 0. The third kappa shape index (κ3) is 4.93. The third-order valence-corrected chi connectivity index (χ3v) is 8.82. The molecular weight excluding hydrogens is 442 g/mol. The van der Waals surface area contributed by atoms with Gasteiger partial charge in [-0.15, -0.1) is 0 Å². The lowest BCUT2D eigenvalue weighted by Crippen LogP contribution is -2.41. The highest BCUT2D eigenvalue weighted by molar-refractivity contribution is 9.10. The second-order valence-corrected chi connectivity index (χ2v) is 16.7. The number of hydrogen-bond acceptors (Lipinski definition) is 3. The molecule has 1 unspecified atom stereocenters. The van der Waals surface area contributed by atoms with Gasteiger partial charge in [0.2, 0.25) is 10.0 Å². The van der Waals surface area contributed by atoms with Crippen LogP contribution in [0.25, 0.3) is 0 Å². The fourth-order valence-electron chi connectivity index (χ4n) is 4.36. The molecule has 0 amide bonds. The number of benzene rings is 1. The molecule has 0 aromatic heterocycles. The van der Waals surface area contributed by atoms with Crippen molar-refractivity contribution in [2.75, 3.05) is 7.11 Å². The topological polar surface area (TPSA) is 55.4 Å². The van der Waals surface area contributed by atoms with Gasteiger partial charge in [0.05, 0.1) is 20.2 Å². The molecule has 3 rings (SSSR count). The Bertz CT molecular complexity index is 824. The van der Waals surface area contributed by atoms with Crippen molar-refractivity contribution in [3.05, 3.63) is 44.9 Å². The normalized spacial score (nSPS) is 28.8. The van der Waals surface area contributed by atoms with Crippen molar-refractivity contribution >= 4 is 34.0 Å². The van der Waals surface area contributed by atoms with Gasteiger partial charge in [0, 0.05) is 17.0 Å². The lowest BCUT2D eigenvalue weighted by atomic mass is 9.69. The fourth-order valence-corrected chi connectivity index (χ4v) is 7.87. The van der Waals surface area contributed by atoms with Gasteiger partial charge in [-0.25, -0.2) is 13.1 Å². The van der Waals surface area contributed by atoms with E-state index in [1.807, 2.05) is 5.70 Å². The summed E-state index contributed by atoms with van der Waals surface area (Å²) < 4.78 is 35.3. The van der Waals surface area contributed by atoms with Gasteiger partial charge < -0.3 is 4.74 Å². The van der Waals surface area contributed by atoms with E-state index in [0.29, 0.717) is 0 Å². The number of ether oxygens (including phenoxy) is 1. The van der Waals surface area contributed by atoms with Gasteiger partial charge in [0.25, 0.3) is 0 Å². The summed E-state index contributed by atoms with van der Waals surface area (Å²) in [5, 5.41) is 1.39. The number of fused-ring (bicyclic) bond motifs is 1. The van der Waals surface area contributed by atoms with Crippen LogP contribution in [0.2, 0.25) is 19.6 Å². The molecule has 1 aromatic carbocycles. The van der Waals surface area contributed by atoms with E-state index in [4.69, 9.17) is 4.74 Å². The molecule has 2 aliphatic carbocycles. The zero-order chi connectivity index (χ0) is 19.9. The standard InChI is InChI=1S/C20H30BrNO3SSi/c1-25-17-7-9-20(10-8-17)14-15-5-6-16(21)13-18(15)19(20)22-26(23,24)11-12-27(2,3)4/h5-6,11-13,17,19,22H,7-10,14H2,1-4H3. The minimum atomic E-state index is -3.49. The van der Waals surface area contributed by atoms with Crippen LogP contribution < -0.4 is 4.72 Å². The van der Waals surface area contributed by atoms with E-state index in [1.165, 1.54) is 11.0 Å². The van der Waals surface area contributed by atoms with Gasteiger partial charge in [-0.1, -0.05) is 47.3 Å². The molecule has 0 aliphatic heterocycles. The highest BCUT2D eigenvalue weighted by Crippen LogP contribution is 2.55. The van der Waals surface area contributed by atoms with Crippen LogP contribution >= 0.6 is 15.9 Å². The molecule has 4 nitrogen and oxygen atoms in total. The van der Waals surface area contributed by atoms with Crippen LogP contribution in [0.4, 0.5) is 0 Å². The average molecular weight is 473 g/mol. The van der Waals surface area contributed by atoms with E-state index < -0.39 is 18.1 Å². The van der Waals surface area contributed by atoms with Crippen LogP contribution in [0.15, 0.2) is 33.8 Å². The molecule has 1 fully saturated rings. The van der Waals surface area contributed by atoms with Crippen molar-refractivity contribution < 1.29 is 13.2 Å². The predicted molar refractivity (Wildman–Crippen MR) is 117 cm³/mol. The number of sulfonamides is 1. The number of nitrogens with one attached hydrogen (secondary N) is 1. The first-order valence-electron chi connectivity index (χ1n) is 9.56. The maximum atomic E-state index is 12.9. The van der Waals surface area contributed by atoms with Gasteiger partial charge in [0.15, 0.2) is 0 Å². The van der Waals surface area contributed by atoms with Gasteiger partial charge in [-0.2, -0.15) is 0 Å². The van der Waals surface area contributed by atoms with Crippen LogP contribution in [0.5, 0.6) is 0 Å². The van der Waals surface area contributed by atoms with Crippen molar-refractivity contribution in [2.24, 2.45) is 5.41 Å². The van der Waals surface area contributed by atoms with Crippen LogP contribution in [0, 0.1) is 5.41 Å². The Hall–Kier alpha value is -0.473. The third-order valence-electron chi connectivity index (χ3n) is 5.86. The van der Waals surface area contributed by atoms with Crippen LogP contribution in [-0.4, -0.2) is 29.7 Å². The van der Waals surface area contributed by atoms with E-state index in [2.05, 4.69) is 58.5 Å². The molecule has 0 radical (unpaired) electrons. The molecule has 1 aromatic rings. The van der Waals surface area contributed by atoms with Gasteiger partial charge in [-0.05, 0) is 60.8 Å². The van der Waals surface area contributed by atoms with Crippen molar-refractivity contribution in [1.29, 1.82) is 0 Å². The molecule has 1 spiro atoms. The Kier molecular flexibility index (Phi) is 6.09. The zero-order valence-corrected chi connectivity index (χ0v) is 20.0. The molecule has 1 N–H and O–H groups in total. The molecule has 1 atom stereocenters. The average Bonchev–Trinajstić information content (AvgIpc) is 2.86. The van der Waals surface area contributed by atoms with Gasteiger partial charge >= 0.3 is 0 Å². The Morgan fingerprint density at radius 1 is 1.26 bits per heavy atom. The van der Waals surface area contributed by atoms with E-state index in [9.17, 15) is 8.42 Å². The summed E-state index contributed by atoms with van der Waals surface area (Å²) in [5.41, 5.74) is 4.21. The molecule has 150 valence electrons. The second kappa shape index (κ2) is 7.75. The summed E-state index contributed by atoms with van der Waals surface area (Å²) in [6.45, 7) is 6.40. The first kappa shape index (κ1) is 21.2. The Labute approximate surface area is 173 Å². The van der Waals surface area contributed by atoms with E-state index in [0.717, 1.165) is 42.1 Å². The highest BCUT2D eigenvalue weighted by atomic mass is 79.9. The maximum Gasteiger partial charge on any atom is 0.233 e. The van der Waals surface area contributed by atoms with E-state index in [1.54, 1.807) is 7.11 Å². The second-order valence-electron chi connectivity index (χ2n) is 9.08. The van der Waals surface area contributed by atoms with Crippen molar-refractivity contribution in [3.63, 3.8) is 0 Å². The summed E-state index contributed by atoms with van der Waals surface area (Å²) >= 11 is 3.56. The number of rotatable bonds is 5. The van der Waals surface area contributed by atoms with Crippen molar-refractivity contribution in [3.8, 4) is 0 Å². The summed E-state index contributed by atoms with van der Waals surface area (Å²) in [5.74, 6) is 0. The number of halogens is 1. The molecule has 0 bridgehead atoms. The lowest BCUT2D eigenvalue weighted by Gasteiger charge is -2.41. The van der Waals surface area contributed by atoms with E-state index in [-0.39, 0.29) is 17.6 Å². The molecular formula is C20H30BrNO3SSi. The molecule has 1 saturated carbocycles. The SMILES string of the molecule is COC1CCC2(CC1)Cc1ccc(Br)cc1C2NS(=O)(=O)C=C[Si](C)(C)C. The molecule has 7 heteroatoms. The Morgan fingerprint density at radius 3 is 2.52 bits per heavy atom. The van der Waals surface area contributed by atoms with Crippen LogP contribution in [0.1, 0.15) is 42.9 Å². The first-order valence-corrected chi connectivity index (χ1v) is 15.5. The minimum Gasteiger partial charge on any atom is -0.381 e. The van der Waals surface area contributed by atoms with Crippen LogP contribution in [-0.2, 0) is 21.2 Å². The molecule has 0 heterocycles. The largest absolute Gasteiger partial charge is 0.381 e. The molecule has 27 heavy (non-hydrogen) atoms. The number of hydrogen-bond donors (Lipinski definition) is 1. The predicted octanol–water partition coefficient (Wildman–Crippen LogP) is 4.93. The minimum absolute atomic E-state index is 0.0573. The Morgan fingerprint density at radius 2 is 1.93 bits per heavy atom. The van der Waals surface area contributed by atoms with Crippen molar-refractivity contribution in [1.82, 2.24) is 4.72 Å².